The molecule has 4 nitrogen and oxygen atoms in total. The summed E-state index contributed by atoms with van der Waals surface area (Å²) in [6.45, 7) is 4.77. The third-order valence-corrected chi connectivity index (χ3v) is 3.42. The van der Waals surface area contributed by atoms with Crippen LogP contribution in [0.3, 0.4) is 0 Å². The number of hydrogen-bond acceptors (Lipinski definition) is 5. The number of rotatable bonds is 3. The second-order valence-corrected chi connectivity index (χ2v) is 5.18. The monoisotopic (exact) mass is 248 g/mol. The van der Waals surface area contributed by atoms with E-state index in [2.05, 4.69) is 20.2 Å². The van der Waals surface area contributed by atoms with Crippen LogP contribution in [-0.4, -0.2) is 17.0 Å². The molecular formula is C12H16N4S. The zero-order chi connectivity index (χ0) is 12.4. The van der Waals surface area contributed by atoms with Gasteiger partial charge < -0.3 is 10.6 Å². The highest BCUT2D eigenvalue weighted by molar-refractivity contribution is 7.09. The molecule has 0 fully saturated rings. The summed E-state index contributed by atoms with van der Waals surface area (Å²) in [6, 6.07) is 1.99. The number of aryl methyl sites for hydroxylation is 2. The van der Waals surface area contributed by atoms with E-state index in [1.54, 1.807) is 17.5 Å². The van der Waals surface area contributed by atoms with Gasteiger partial charge in [0.05, 0.1) is 29.1 Å². The fraction of sp³-hybridized carbons (Fsp3) is 0.333. The van der Waals surface area contributed by atoms with Gasteiger partial charge in [-0.1, -0.05) is 0 Å². The third-order valence-electron chi connectivity index (χ3n) is 2.59. The molecule has 0 aliphatic heterocycles. The van der Waals surface area contributed by atoms with Crippen molar-refractivity contribution in [1.29, 1.82) is 0 Å². The molecule has 0 aliphatic carbocycles. The highest BCUT2D eigenvalue weighted by Gasteiger charge is 2.07. The van der Waals surface area contributed by atoms with E-state index < -0.39 is 0 Å². The molecule has 0 saturated heterocycles. The molecular weight excluding hydrogens is 232 g/mol. The summed E-state index contributed by atoms with van der Waals surface area (Å²) >= 11 is 1.67. The van der Waals surface area contributed by atoms with Crippen LogP contribution >= 0.6 is 11.3 Å². The first-order valence-electron chi connectivity index (χ1n) is 5.40. The topological polar surface area (TPSA) is 55.0 Å². The Bertz CT molecular complexity index is 521. The molecule has 0 aromatic carbocycles. The summed E-state index contributed by atoms with van der Waals surface area (Å²) in [6.07, 6.45) is 1.70. The van der Waals surface area contributed by atoms with Crippen molar-refractivity contribution < 1.29 is 0 Å². The molecule has 2 N–H and O–H groups in total. The van der Waals surface area contributed by atoms with Gasteiger partial charge in [0.25, 0.3) is 0 Å². The van der Waals surface area contributed by atoms with Gasteiger partial charge in [-0.15, -0.1) is 11.3 Å². The van der Waals surface area contributed by atoms with Gasteiger partial charge in [-0.3, -0.25) is 0 Å². The van der Waals surface area contributed by atoms with Crippen molar-refractivity contribution >= 4 is 22.8 Å². The summed E-state index contributed by atoms with van der Waals surface area (Å²) in [5.74, 6) is 0.919. The van der Waals surface area contributed by atoms with Gasteiger partial charge in [0.2, 0.25) is 0 Å². The molecule has 2 aromatic heterocycles. The minimum Gasteiger partial charge on any atom is -0.397 e. The maximum absolute atomic E-state index is 5.75. The van der Waals surface area contributed by atoms with Crippen LogP contribution < -0.4 is 10.6 Å². The Hall–Kier alpha value is -1.62. The average Bonchev–Trinajstić information content (AvgIpc) is 2.68. The van der Waals surface area contributed by atoms with Crippen LogP contribution in [-0.2, 0) is 6.54 Å². The van der Waals surface area contributed by atoms with Crippen LogP contribution in [0, 0.1) is 13.8 Å². The third kappa shape index (κ3) is 2.74. The van der Waals surface area contributed by atoms with Gasteiger partial charge in [-0.25, -0.2) is 9.97 Å². The van der Waals surface area contributed by atoms with Crippen LogP contribution in [0.4, 0.5) is 11.5 Å². The lowest BCUT2D eigenvalue weighted by atomic mass is 10.2. The van der Waals surface area contributed by atoms with E-state index in [4.69, 9.17) is 5.73 Å². The maximum Gasteiger partial charge on any atom is 0.128 e. The number of nitrogens with two attached hydrogens (primary N) is 1. The fourth-order valence-corrected chi connectivity index (χ4v) is 2.17. The van der Waals surface area contributed by atoms with Crippen molar-refractivity contribution in [2.45, 2.75) is 20.4 Å². The molecule has 2 rings (SSSR count). The number of anilines is 2. The number of nitrogens with zero attached hydrogens (tertiary/aromatic N) is 3. The minimum atomic E-state index is 0.728. The van der Waals surface area contributed by atoms with Crippen LogP contribution in [0.25, 0.3) is 0 Å². The Morgan fingerprint density at radius 2 is 2.18 bits per heavy atom. The zero-order valence-electron chi connectivity index (χ0n) is 10.3. The molecule has 0 aliphatic rings. The van der Waals surface area contributed by atoms with Crippen molar-refractivity contribution in [3.8, 4) is 0 Å². The summed E-state index contributed by atoms with van der Waals surface area (Å²) in [5, 5.41) is 3.17. The normalized spacial score (nSPS) is 10.5. The number of thiazole rings is 1. The summed E-state index contributed by atoms with van der Waals surface area (Å²) in [7, 11) is 2.01. The SMILES string of the molecule is Cc1nc(CN(C)c2cc(C)c(N)cn2)cs1. The van der Waals surface area contributed by atoms with E-state index in [0.29, 0.717) is 0 Å². The molecule has 0 unspecified atom stereocenters. The summed E-state index contributed by atoms with van der Waals surface area (Å²) in [5.41, 5.74) is 8.61. The van der Waals surface area contributed by atoms with Gasteiger partial charge in [0.1, 0.15) is 5.82 Å². The molecule has 0 atom stereocenters. The smallest absolute Gasteiger partial charge is 0.128 e. The van der Waals surface area contributed by atoms with Crippen molar-refractivity contribution in [2.24, 2.45) is 0 Å². The zero-order valence-corrected chi connectivity index (χ0v) is 11.1. The highest BCUT2D eigenvalue weighted by atomic mass is 32.1. The van der Waals surface area contributed by atoms with Gasteiger partial charge in [0, 0.05) is 12.4 Å². The molecule has 2 aromatic rings. The Morgan fingerprint density at radius 3 is 2.76 bits per heavy atom. The van der Waals surface area contributed by atoms with Crippen molar-refractivity contribution in [2.75, 3.05) is 17.7 Å². The first-order chi connectivity index (χ1) is 8.06. The molecule has 17 heavy (non-hydrogen) atoms. The Kier molecular flexibility index (Phi) is 3.28. The lowest BCUT2D eigenvalue weighted by Gasteiger charge is -2.17. The quantitative estimate of drug-likeness (QED) is 0.906. The molecule has 2 heterocycles. The summed E-state index contributed by atoms with van der Waals surface area (Å²) in [4.78, 5) is 10.8. The number of hydrogen-bond donors (Lipinski definition) is 1. The molecule has 0 radical (unpaired) electrons. The summed E-state index contributed by atoms with van der Waals surface area (Å²) < 4.78 is 0. The van der Waals surface area contributed by atoms with E-state index in [1.807, 2.05) is 27.0 Å². The van der Waals surface area contributed by atoms with Gasteiger partial charge in [-0.05, 0) is 25.5 Å². The van der Waals surface area contributed by atoms with Crippen molar-refractivity contribution in [3.63, 3.8) is 0 Å². The molecule has 0 amide bonds. The standard InChI is InChI=1S/C12H16N4S/c1-8-4-12(14-5-11(8)13)16(3)6-10-7-17-9(2)15-10/h4-5,7H,6,13H2,1-3H3. The Morgan fingerprint density at radius 1 is 1.41 bits per heavy atom. The first kappa shape index (κ1) is 11.9. The number of aromatic nitrogens is 2. The van der Waals surface area contributed by atoms with E-state index in [0.717, 1.165) is 34.3 Å². The predicted molar refractivity (Wildman–Crippen MR) is 72.3 cm³/mol. The largest absolute Gasteiger partial charge is 0.397 e. The Labute approximate surface area is 105 Å². The van der Waals surface area contributed by atoms with Gasteiger partial charge in [-0.2, -0.15) is 0 Å². The van der Waals surface area contributed by atoms with E-state index in [9.17, 15) is 0 Å². The highest BCUT2D eigenvalue weighted by Crippen LogP contribution is 2.18. The second kappa shape index (κ2) is 4.71. The molecule has 0 bridgehead atoms. The molecule has 5 heteroatoms. The minimum absolute atomic E-state index is 0.728. The van der Waals surface area contributed by atoms with Crippen LogP contribution in [0.5, 0.6) is 0 Å². The average molecular weight is 248 g/mol. The second-order valence-electron chi connectivity index (χ2n) is 4.11. The molecule has 90 valence electrons. The van der Waals surface area contributed by atoms with Gasteiger partial charge in [0.15, 0.2) is 0 Å². The molecule has 0 saturated carbocycles. The van der Waals surface area contributed by atoms with Crippen LogP contribution in [0.2, 0.25) is 0 Å². The lowest BCUT2D eigenvalue weighted by molar-refractivity contribution is 0.869. The van der Waals surface area contributed by atoms with Crippen molar-refractivity contribution in [1.82, 2.24) is 9.97 Å². The van der Waals surface area contributed by atoms with E-state index in [-0.39, 0.29) is 0 Å². The van der Waals surface area contributed by atoms with E-state index >= 15 is 0 Å². The van der Waals surface area contributed by atoms with Crippen molar-refractivity contribution in [3.05, 3.63) is 33.9 Å². The van der Waals surface area contributed by atoms with E-state index in [1.165, 1.54) is 0 Å². The number of pyridine rings is 1. The Balaban J connectivity index is 2.14. The molecule has 0 spiro atoms. The number of nitrogen functional groups attached to an aromatic ring is 1. The van der Waals surface area contributed by atoms with Gasteiger partial charge >= 0.3 is 0 Å². The fourth-order valence-electron chi connectivity index (χ4n) is 1.57. The van der Waals surface area contributed by atoms with Crippen LogP contribution in [0.1, 0.15) is 16.3 Å². The first-order valence-corrected chi connectivity index (χ1v) is 6.28. The predicted octanol–water partition coefficient (Wildman–Crippen LogP) is 2.37. The van der Waals surface area contributed by atoms with Crippen LogP contribution in [0.15, 0.2) is 17.6 Å². The maximum atomic E-state index is 5.75. The lowest BCUT2D eigenvalue weighted by Crippen LogP contribution is -2.18.